The molecule has 0 aliphatic carbocycles. The second kappa shape index (κ2) is 7.54. The molecular formula is C11H16FNOS. The highest BCUT2D eigenvalue weighted by Gasteiger charge is 2.08. The number of hydrogen-bond donors (Lipinski definition) is 1. The first-order valence-electron chi connectivity index (χ1n) is 4.94. The molecule has 1 N–H and O–H groups in total. The van der Waals surface area contributed by atoms with Crippen LogP contribution in [0.15, 0.2) is 30.3 Å². The van der Waals surface area contributed by atoms with Crippen LogP contribution in [-0.2, 0) is 4.74 Å². The molecule has 0 aliphatic heterocycles. The average Bonchev–Trinajstić information content (AvgIpc) is 2.29. The minimum Gasteiger partial charge on any atom is -0.385 e. The van der Waals surface area contributed by atoms with E-state index in [1.165, 1.54) is 0 Å². The van der Waals surface area contributed by atoms with Gasteiger partial charge >= 0.3 is 0 Å². The van der Waals surface area contributed by atoms with Gasteiger partial charge < -0.3 is 10.1 Å². The molecule has 1 aromatic rings. The van der Waals surface area contributed by atoms with Crippen LogP contribution in [0.2, 0.25) is 0 Å². The van der Waals surface area contributed by atoms with Gasteiger partial charge in [0.2, 0.25) is 0 Å². The maximum Gasteiger partial charge on any atom is 0.104 e. The lowest BCUT2D eigenvalue weighted by molar-refractivity contribution is 0.193. The Balaban J connectivity index is 2.33. The van der Waals surface area contributed by atoms with Crippen LogP contribution in [0, 0.1) is 0 Å². The fraction of sp³-hybridized carbons (Fsp3) is 0.455. The zero-order valence-corrected chi connectivity index (χ0v) is 9.60. The third-order valence-corrected chi connectivity index (χ3v) is 2.59. The van der Waals surface area contributed by atoms with E-state index in [9.17, 15) is 3.89 Å². The van der Waals surface area contributed by atoms with Crippen molar-refractivity contribution in [3.8, 4) is 0 Å². The predicted molar refractivity (Wildman–Crippen MR) is 63.7 cm³/mol. The number of ether oxygens (including phenoxy) is 1. The summed E-state index contributed by atoms with van der Waals surface area (Å²) < 4.78 is 17.5. The summed E-state index contributed by atoms with van der Waals surface area (Å²) in [6.45, 7) is 0.674. The van der Waals surface area contributed by atoms with Gasteiger partial charge in [0.15, 0.2) is 0 Å². The van der Waals surface area contributed by atoms with E-state index in [-0.39, 0.29) is 5.37 Å². The number of halogens is 1. The molecule has 15 heavy (non-hydrogen) atoms. The minimum atomic E-state index is -0.192. The third kappa shape index (κ3) is 5.04. The van der Waals surface area contributed by atoms with Gasteiger partial charge in [-0.25, -0.2) is 0 Å². The summed E-state index contributed by atoms with van der Waals surface area (Å²) >= 11 is 0.349. The Morgan fingerprint density at radius 2 is 2.13 bits per heavy atom. The van der Waals surface area contributed by atoms with Crippen LogP contribution in [-0.4, -0.2) is 19.1 Å². The van der Waals surface area contributed by atoms with E-state index in [2.05, 4.69) is 5.32 Å². The highest BCUT2D eigenvalue weighted by atomic mass is 32.2. The maximum atomic E-state index is 12.6. The lowest BCUT2D eigenvalue weighted by atomic mass is 10.3. The zero-order valence-electron chi connectivity index (χ0n) is 8.78. The lowest BCUT2D eigenvalue weighted by Crippen LogP contribution is -2.14. The van der Waals surface area contributed by atoms with Crippen LogP contribution < -0.4 is 5.32 Å². The lowest BCUT2D eigenvalue weighted by Gasteiger charge is -2.14. The highest BCUT2D eigenvalue weighted by Crippen LogP contribution is 2.20. The van der Waals surface area contributed by atoms with E-state index in [1.54, 1.807) is 7.11 Å². The third-order valence-electron chi connectivity index (χ3n) is 2.02. The fourth-order valence-electron chi connectivity index (χ4n) is 1.27. The molecule has 0 bridgehead atoms. The van der Waals surface area contributed by atoms with Crippen LogP contribution in [0.25, 0.3) is 0 Å². The molecule has 0 aliphatic rings. The predicted octanol–water partition coefficient (Wildman–Crippen LogP) is 3.47. The SMILES string of the molecule is COCCCC(Nc1ccccc1)SF. The van der Waals surface area contributed by atoms with Crippen molar-refractivity contribution >= 4 is 17.8 Å². The number of rotatable bonds is 7. The Labute approximate surface area is 94.5 Å². The van der Waals surface area contributed by atoms with Crippen molar-refractivity contribution in [3.63, 3.8) is 0 Å². The maximum absolute atomic E-state index is 12.6. The summed E-state index contributed by atoms with van der Waals surface area (Å²) in [7, 11) is 1.65. The molecular weight excluding hydrogens is 213 g/mol. The summed E-state index contributed by atoms with van der Waals surface area (Å²) in [5.74, 6) is 0. The fourth-order valence-corrected chi connectivity index (χ4v) is 1.71. The van der Waals surface area contributed by atoms with E-state index in [0.29, 0.717) is 18.8 Å². The van der Waals surface area contributed by atoms with E-state index in [0.717, 1.165) is 18.5 Å². The van der Waals surface area contributed by atoms with Crippen molar-refractivity contribution in [2.24, 2.45) is 0 Å². The van der Waals surface area contributed by atoms with Crippen LogP contribution in [0.5, 0.6) is 0 Å². The standard InChI is InChI=1S/C11H16FNOS/c1-14-9-5-8-11(15-12)13-10-6-3-2-4-7-10/h2-4,6-7,11,13H,5,8-9H2,1H3. The van der Waals surface area contributed by atoms with Gasteiger partial charge in [0.1, 0.15) is 5.37 Å². The van der Waals surface area contributed by atoms with Crippen molar-refractivity contribution in [1.82, 2.24) is 0 Å². The highest BCUT2D eigenvalue weighted by molar-refractivity contribution is 7.95. The second-order valence-corrected chi connectivity index (χ2v) is 3.97. The molecule has 4 heteroatoms. The summed E-state index contributed by atoms with van der Waals surface area (Å²) in [4.78, 5) is 0. The summed E-state index contributed by atoms with van der Waals surface area (Å²) in [5.41, 5.74) is 0.949. The van der Waals surface area contributed by atoms with E-state index in [4.69, 9.17) is 4.74 Å². The molecule has 1 aromatic carbocycles. The largest absolute Gasteiger partial charge is 0.385 e. The normalized spacial score (nSPS) is 12.4. The smallest absolute Gasteiger partial charge is 0.104 e. The Bertz CT molecular complexity index is 258. The number of nitrogens with one attached hydrogen (secondary N) is 1. The van der Waals surface area contributed by atoms with E-state index >= 15 is 0 Å². The quantitative estimate of drug-likeness (QED) is 0.571. The topological polar surface area (TPSA) is 21.3 Å². The number of para-hydroxylation sites is 1. The molecule has 2 nitrogen and oxygen atoms in total. The van der Waals surface area contributed by atoms with Crippen molar-refractivity contribution in [2.75, 3.05) is 19.0 Å². The molecule has 0 aromatic heterocycles. The molecule has 0 spiro atoms. The van der Waals surface area contributed by atoms with Gasteiger partial charge in [-0.3, -0.25) is 0 Å². The number of anilines is 1. The molecule has 0 radical (unpaired) electrons. The number of methoxy groups -OCH3 is 1. The van der Waals surface area contributed by atoms with Gasteiger partial charge in [-0.1, -0.05) is 18.2 Å². The number of benzene rings is 1. The van der Waals surface area contributed by atoms with Gasteiger partial charge in [0.05, 0.1) is 12.1 Å². The average molecular weight is 229 g/mol. The summed E-state index contributed by atoms with van der Waals surface area (Å²) in [6, 6.07) is 9.65. The molecule has 84 valence electrons. The zero-order chi connectivity index (χ0) is 10.9. The van der Waals surface area contributed by atoms with Gasteiger partial charge in [-0.05, 0) is 25.0 Å². The molecule has 1 atom stereocenters. The van der Waals surface area contributed by atoms with Crippen LogP contribution in [0.1, 0.15) is 12.8 Å². The Morgan fingerprint density at radius 1 is 1.40 bits per heavy atom. The number of hydrogen-bond acceptors (Lipinski definition) is 3. The van der Waals surface area contributed by atoms with Gasteiger partial charge in [0.25, 0.3) is 0 Å². The minimum absolute atomic E-state index is 0.192. The molecule has 0 saturated carbocycles. The van der Waals surface area contributed by atoms with Crippen LogP contribution >= 0.6 is 12.1 Å². The first-order chi connectivity index (χ1) is 7.36. The molecule has 1 unspecified atom stereocenters. The molecule has 0 fully saturated rings. The first kappa shape index (κ1) is 12.3. The van der Waals surface area contributed by atoms with Crippen LogP contribution in [0.4, 0.5) is 9.57 Å². The van der Waals surface area contributed by atoms with Crippen LogP contribution in [0.3, 0.4) is 0 Å². The monoisotopic (exact) mass is 229 g/mol. The van der Waals surface area contributed by atoms with E-state index < -0.39 is 0 Å². The van der Waals surface area contributed by atoms with Crippen molar-refractivity contribution in [1.29, 1.82) is 0 Å². The molecule has 0 saturated heterocycles. The van der Waals surface area contributed by atoms with Crippen molar-refractivity contribution in [3.05, 3.63) is 30.3 Å². The van der Waals surface area contributed by atoms with E-state index in [1.807, 2.05) is 30.3 Å². The first-order valence-corrected chi connectivity index (χ1v) is 5.72. The van der Waals surface area contributed by atoms with Crippen molar-refractivity contribution in [2.45, 2.75) is 18.2 Å². The molecule has 1 rings (SSSR count). The van der Waals surface area contributed by atoms with Gasteiger partial charge in [-0.15, -0.1) is 0 Å². The van der Waals surface area contributed by atoms with Crippen molar-refractivity contribution < 1.29 is 8.62 Å². The molecule has 0 amide bonds. The summed E-state index contributed by atoms with van der Waals surface area (Å²) in [6.07, 6.45) is 1.61. The Morgan fingerprint density at radius 3 is 2.73 bits per heavy atom. The molecule has 0 heterocycles. The Kier molecular flexibility index (Phi) is 6.20. The van der Waals surface area contributed by atoms with Gasteiger partial charge in [-0.2, -0.15) is 3.89 Å². The summed E-state index contributed by atoms with van der Waals surface area (Å²) in [5, 5.41) is 2.93. The second-order valence-electron chi connectivity index (χ2n) is 3.22. The van der Waals surface area contributed by atoms with Gasteiger partial charge in [0, 0.05) is 19.4 Å². The Hall–Kier alpha value is -0.740.